The SMILES string of the molecule is CCc1ccccc1CC(=O)Nc1ccc(C(=O)NCCC(=O)O)cc1. The van der Waals surface area contributed by atoms with Crippen molar-refractivity contribution in [2.75, 3.05) is 11.9 Å². The molecule has 2 rings (SSSR count). The van der Waals surface area contributed by atoms with E-state index in [4.69, 9.17) is 5.11 Å². The van der Waals surface area contributed by atoms with E-state index in [9.17, 15) is 14.4 Å². The number of benzene rings is 2. The first kappa shape index (κ1) is 19.2. The van der Waals surface area contributed by atoms with Gasteiger partial charge in [-0.25, -0.2) is 0 Å². The van der Waals surface area contributed by atoms with Crippen molar-refractivity contribution >= 4 is 23.5 Å². The lowest BCUT2D eigenvalue weighted by Crippen LogP contribution is -2.26. The highest BCUT2D eigenvalue weighted by atomic mass is 16.4. The van der Waals surface area contributed by atoms with Crippen molar-refractivity contribution in [1.82, 2.24) is 5.32 Å². The number of hydrogen-bond acceptors (Lipinski definition) is 3. The molecular weight excluding hydrogens is 332 g/mol. The summed E-state index contributed by atoms with van der Waals surface area (Å²) < 4.78 is 0. The van der Waals surface area contributed by atoms with E-state index in [2.05, 4.69) is 17.6 Å². The number of amides is 2. The molecule has 0 aromatic heterocycles. The zero-order valence-corrected chi connectivity index (χ0v) is 14.6. The summed E-state index contributed by atoms with van der Waals surface area (Å²) in [4.78, 5) is 34.6. The molecule has 0 heterocycles. The van der Waals surface area contributed by atoms with E-state index >= 15 is 0 Å². The molecule has 2 amide bonds. The Balaban J connectivity index is 1.91. The first-order valence-corrected chi connectivity index (χ1v) is 8.46. The molecule has 6 nitrogen and oxygen atoms in total. The summed E-state index contributed by atoms with van der Waals surface area (Å²) >= 11 is 0. The fraction of sp³-hybridized carbons (Fsp3) is 0.250. The van der Waals surface area contributed by atoms with Crippen LogP contribution in [-0.2, 0) is 22.4 Å². The molecule has 0 fully saturated rings. The Morgan fingerprint density at radius 1 is 0.962 bits per heavy atom. The Hall–Kier alpha value is -3.15. The molecule has 0 saturated heterocycles. The molecule has 136 valence electrons. The second-order valence-electron chi connectivity index (χ2n) is 5.82. The normalized spacial score (nSPS) is 10.2. The van der Waals surface area contributed by atoms with E-state index in [-0.39, 0.29) is 24.8 Å². The van der Waals surface area contributed by atoms with E-state index in [0.29, 0.717) is 17.7 Å². The van der Waals surface area contributed by atoms with Gasteiger partial charge in [0.1, 0.15) is 0 Å². The number of rotatable bonds is 8. The smallest absolute Gasteiger partial charge is 0.305 e. The minimum atomic E-state index is -0.965. The Kier molecular flexibility index (Phi) is 6.91. The average Bonchev–Trinajstić information content (AvgIpc) is 2.62. The molecule has 3 N–H and O–H groups in total. The van der Waals surface area contributed by atoms with Crippen LogP contribution in [0, 0.1) is 0 Å². The van der Waals surface area contributed by atoms with Gasteiger partial charge in [0, 0.05) is 17.8 Å². The summed E-state index contributed by atoms with van der Waals surface area (Å²) in [7, 11) is 0. The predicted octanol–water partition coefficient (Wildman–Crippen LogP) is 2.63. The van der Waals surface area contributed by atoms with Crippen LogP contribution >= 0.6 is 0 Å². The third kappa shape index (κ3) is 5.73. The minimum absolute atomic E-state index is 0.0729. The molecule has 0 aliphatic heterocycles. The standard InChI is InChI=1S/C20H22N2O4/c1-2-14-5-3-4-6-16(14)13-18(23)22-17-9-7-15(8-10-17)20(26)21-12-11-19(24)25/h3-10H,2,11-13H2,1H3,(H,21,26)(H,22,23)(H,24,25). The van der Waals surface area contributed by atoms with Crippen molar-refractivity contribution in [1.29, 1.82) is 0 Å². The Morgan fingerprint density at radius 2 is 1.62 bits per heavy atom. The van der Waals surface area contributed by atoms with Crippen LogP contribution in [0.4, 0.5) is 5.69 Å². The molecule has 2 aromatic carbocycles. The zero-order valence-electron chi connectivity index (χ0n) is 14.6. The molecular formula is C20H22N2O4. The number of hydrogen-bond donors (Lipinski definition) is 3. The third-order valence-electron chi connectivity index (χ3n) is 3.91. The number of carbonyl (C=O) groups is 3. The van der Waals surface area contributed by atoms with Crippen molar-refractivity contribution in [2.24, 2.45) is 0 Å². The maximum absolute atomic E-state index is 12.2. The van der Waals surface area contributed by atoms with Crippen molar-refractivity contribution in [3.8, 4) is 0 Å². The summed E-state index contributed by atoms with van der Waals surface area (Å²) in [5, 5.41) is 13.9. The van der Waals surface area contributed by atoms with Crippen molar-refractivity contribution in [3.05, 3.63) is 65.2 Å². The lowest BCUT2D eigenvalue weighted by Gasteiger charge is -2.09. The highest BCUT2D eigenvalue weighted by molar-refractivity contribution is 5.96. The van der Waals surface area contributed by atoms with Crippen LogP contribution in [0.25, 0.3) is 0 Å². The number of nitrogens with one attached hydrogen (secondary N) is 2. The van der Waals surface area contributed by atoms with Gasteiger partial charge in [-0.1, -0.05) is 31.2 Å². The van der Waals surface area contributed by atoms with Crippen LogP contribution in [0.5, 0.6) is 0 Å². The fourth-order valence-corrected chi connectivity index (χ4v) is 2.54. The van der Waals surface area contributed by atoms with Gasteiger partial charge >= 0.3 is 5.97 Å². The van der Waals surface area contributed by atoms with Crippen LogP contribution < -0.4 is 10.6 Å². The Bertz CT molecular complexity index is 785. The highest BCUT2D eigenvalue weighted by Gasteiger charge is 2.09. The van der Waals surface area contributed by atoms with E-state index in [1.54, 1.807) is 24.3 Å². The zero-order chi connectivity index (χ0) is 18.9. The molecule has 0 bridgehead atoms. The second-order valence-corrected chi connectivity index (χ2v) is 5.82. The largest absolute Gasteiger partial charge is 0.481 e. The van der Waals surface area contributed by atoms with Crippen LogP contribution in [-0.4, -0.2) is 29.4 Å². The van der Waals surface area contributed by atoms with E-state index < -0.39 is 5.97 Å². The molecule has 0 aliphatic carbocycles. The average molecular weight is 354 g/mol. The van der Waals surface area contributed by atoms with Crippen molar-refractivity contribution < 1.29 is 19.5 Å². The summed E-state index contributed by atoms with van der Waals surface area (Å²) in [6, 6.07) is 14.3. The van der Waals surface area contributed by atoms with E-state index in [0.717, 1.165) is 17.5 Å². The number of anilines is 1. The molecule has 26 heavy (non-hydrogen) atoms. The molecule has 0 aliphatic rings. The summed E-state index contributed by atoms with van der Waals surface area (Å²) in [5.74, 6) is -1.43. The monoisotopic (exact) mass is 354 g/mol. The van der Waals surface area contributed by atoms with Gasteiger partial charge < -0.3 is 15.7 Å². The van der Waals surface area contributed by atoms with Gasteiger partial charge in [-0.15, -0.1) is 0 Å². The Morgan fingerprint density at radius 3 is 2.23 bits per heavy atom. The van der Waals surface area contributed by atoms with Crippen LogP contribution in [0.1, 0.15) is 34.8 Å². The van der Waals surface area contributed by atoms with Gasteiger partial charge in [-0.3, -0.25) is 14.4 Å². The molecule has 0 spiro atoms. The first-order chi connectivity index (χ1) is 12.5. The predicted molar refractivity (Wildman–Crippen MR) is 99.2 cm³/mol. The van der Waals surface area contributed by atoms with Crippen LogP contribution in [0.2, 0.25) is 0 Å². The fourth-order valence-electron chi connectivity index (χ4n) is 2.54. The molecule has 2 aromatic rings. The number of aryl methyl sites for hydroxylation is 1. The summed E-state index contributed by atoms with van der Waals surface area (Å²) in [5.41, 5.74) is 3.16. The second kappa shape index (κ2) is 9.36. The molecule has 0 radical (unpaired) electrons. The lowest BCUT2D eigenvalue weighted by molar-refractivity contribution is -0.136. The number of carboxylic acid groups (broad SMARTS) is 1. The lowest BCUT2D eigenvalue weighted by atomic mass is 10.0. The van der Waals surface area contributed by atoms with Gasteiger partial charge in [0.25, 0.3) is 5.91 Å². The quantitative estimate of drug-likeness (QED) is 0.679. The third-order valence-corrected chi connectivity index (χ3v) is 3.91. The Labute approximate surface area is 152 Å². The van der Waals surface area contributed by atoms with E-state index in [1.165, 1.54) is 0 Å². The van der Waals surface area contributed by atoms with Crippen LogP contribution in [0.3, 0.4) is 0 Å². The maximum Gasteiger partial charge on any atom is 0.305 e. The maximum atomic E-state index is 12.2. The van der Waals surface area contributed by atoms with Gasteiger partial charge in [-0.2, -0.15) is 0 Å². The first-order valence-electron chi connectivity index (χ1n) is 8.46. The van der Waals surface area contributed by atoms with Gasteiger partial charge in [-0.05, 0) is 41.8 Å². The summed E-state index contributed by atoms with van der Waals surface area (Å²) in [6.07, 6.45) is 1.04. The van der Waals surface area contributed by atoms with Gasteiger partial charge in [0.15, 0.2) is 0 Å². The molecule has 0 atom stereocenters. The van der Waals surface area contributed by atoms with Gasteiger partial charge in [0.2, 0.25) is 5.91 Å². The topological polar surface area (TPSA) is 95.5 Å². The molecule has 0 saturated carbocycles. The number of carboxylic acids is 1. The number of carbonyl (C=O) groups excluding carboxylic acids is 2. The molecule has 6 heteroatoms. The van der Waals surface area contributed by atoms with Gasteiger partial charge in [0.05, 0.1) is 12.8 Å². The molecule has 0 unspecified atom stereocenters. The van der Waals surface area contributed by atoms with E-state index in [1.807, 2.05) is 24.3 Å². The minimum Gasteiger partial charge on any atom is -0.481 e. The van der Waals surface area contributed by atoms with Crippen molar-refractivity contribution in [3.63, 3.8) is 0 Å². The van der Waals surface area contributed by atoms with Crippen molar-refractivity contribution in [2.45, 2.75) is 26.2 Å². The summed E-state index contributed by atoms with van der Waals surface area (Å²) in [6.45, 7) is 2.13. The number of aliphatic carboxylic acids is 1. The highest BCUT2D eigenvalue weighted by Crippen LogP contribution is 2.13. The van der Waals surface area contributed by atoms with Crippen LogP contribution in [0.15, 0.2) is 48.5 Å².